The van der Waals surface area contributed by atoms with E-state index in [0.29, 0.717) is 11.4 Å². The Morgan fingerprint density at radius 3 is 2.43 bits per heavy atom. The molecule has 0 saturated heterocycles. The van der Waals surface area contributed by atoms with E-state index >= 15 is 0 Å². The fourth-order valence-corrected chi connectivity index (χ4v) is 1.64. The number of hydrogen-bond donors (Lipinski definition) is 1. The number of H-pyrrole nitrogens is 1. The van der Waals surface area contributed by atoms with E-state index in [2.05, 4.69) is 11.6 Å². The predicted molar refractivity (Wildman–Crippen MR) is 86.2 cm³/mol. The molecule has 0 aromatic carbocycles. The highest BCUT2D eigenvalue weighted by Crippen LogP contribution is 2.10. The molecule has 5 nitrogen and oxygen atoms in total. The van der Waals surface area contributed by atoms with Crippen molar-refractivity contribution in [3.63, 3.8) is 0 Å². The molecule has 5 heteroatoms. The summed E-state index contributed by atoms with van der Waals surface area (Å²) in [6.45, 7) is 14.6. The smallest absolute Gasteiger partial charge is 0.326 e. The van der Waals surface area contributed by atoms with E-state index in [1.54, 1.807) is 45.9 Å². The summed E-state index contributed by atoms with van der Waals surface area (Å²) in [7, 11) is 0. The number of allylic oxidation sites excluding steroid dienone is 2. The lowest BCUT2D eigenvalue weighted by atomic mass is 10.2. The van der Waals surface area contributed by atoms with E-state index in [1.165, 1.54) is 4.57 Å². The fourth-order valence-electron chi connectivity index (χ4n) is 1.64. The van der Waals surface area contributed by atoms with Gasteiger partial charge in [-0.05, 0) is 33.8 Å². The maximum Gasteiger partial charge on any atom is 0.326 e. The van der Waals surface area contributed by atoms with Crippen molar-refractivity contribution in [3.8, 4) is 0 Å². The van der Waals surface area contributed by atoms with Crippen LogP contribution in [-0.2, 0) is 16.1 Å². The Morgan fingerprint density at radius 2 is 1.95 bits per heavy atom. The molecule has 0 radical (unpaired) electrons. The maximum atomic E-state index is 11.8. The maximum absolute atomic E-state index is 11.8. The molecule has 0 fully saturated rings. The summed E-state index contributed by atoms with van der Waals surface area (Å²) >= 11 is 0. The first kappa shape index (κ1) is 19.0. The number of aromatic amines is 1. The molecule has 21 heavy (non-hydrogen) atoms. The lowest BCUT2D eigenvalue weighted by Crippen LogP contribution is -2.30. The van der Waals surface area contributed by atoms with Gasteiger partial charge in [-0.15, -0.1) is 0 Å². The third-order valence-corrected chi connectivity index (χ3v) is 2.31. The van der Waals surface area contributed by atoms with Crippen LogP contribution >= 0.6 is 0 Å². The van der Waals surface area contributed by atoms with E-state index in [4.69, 9.17) is 4.74 Å². The van der Waals surface area contributed by atoms with Crippen LogP contribution in [0.1, 0.15) is 46.0 Å². The number of nitrogens with zero attached hydrogens (tertiary/aromatic N) is 1. The number of carbonyl (C=O) groups is 1. The van der Waals surface area contributed by atoms with Crippen molar-refractivity contribution in [1.29, 1.82) is 0 Å². The second-order valence-corrected chi connectivity index (χ2v) is 5.21. The molecule has 118 valence electrons. The van der Waals surface area contributed by atoms with Crippen LogP contribution in [0.4, 0.5) is 0 Å². The Labute approximate surface area is 126 Å². The highest BCUT2D eigenvalue weighted by Gasteiger charge is 2.19. The highest BCUT2D eigenvalue weighted by molar-refractivity contribution is 5.70. The summed E-state index contributed by atoms with van der Waals surface area (Å²) in [5, 5.41) is 0. The molecular formula is C16H26N2O3. The SMILES string of the molecule is C=C/C=C\c1c(C)[nH]c(=O)n1CC(=O)OC(C)(C)C.CC. The van der Waals surface area contributed by atoms with Gasteiger partial charge in [0.2, 0.25) is 0 Å². The number of ether oxygens (including phenoxy) is 1. The van der Waals surface area contributed by atoms with E-state index in [0.717, 1.165) is 0 Å². The van der Waals surface area contributed by atoms with Gasteiger partial charge in [0, 0.05) is 5.69 Å². The molecule has 1 aromatic heterocycles. The van der Waals surface area contributed by atoms with E-state index in [9.17, 15) is 9.59 Å². The zero-order valence-electron chi connectivity index (χ0n) is 13.8. The zero-order chi connectivity index (χ0) is 16.6. The summed E-state index contributed by atoms with van der Waals surface area (Å²) in [4.78, 5) is 26.2. The number of aromatic nitrogens is 2. The van der Waals surface area contributed by atoms with Crippen molar-refractivity contribution < 1.29 is 9.53 Å². The molecule has 0 amide bonds. The standard InChI is InChI=1S/C14H20N2O3.C2H6/c1-6-7-8-11-10(2)15-13(18)16(11)9-12(17)19-14(3,4)5;1-2/h6-8H,1,9H2,2-5H3,(H,15,18);1-2H3/b8-7-;. The first-order chi connectivity index (χ1) is 9.74. The van der Waals surface area contributed by atoms with Gasteiger partial charge >= 0.3 is 11.7 Å². The topological polar surface area (TPSA) is 64.1 Å². The highest BCUT2D eigenvalue weighted by atomic mass is 16.6. The molecule has 0 aliphatic heterocycles. The van der Waals surface area contributed by atoms with Crippen LogP contribution in [0.2, 0.25) is 0 Å². The molecule has 1 heterocycles. The summed E-state index contributed by atoms with van der Waals surface area (Å²) < 4.78 is 6.56. The van der Waals surface area contributed by atoms with Gasteiger partial charge in [0.25, 0.3) is 0 Å². The largest absolute Gasteiger partial charge is 0.459 e. The Kier molecular flexibility index (Phi) is 7.49. The van der Waals surface area contributed by atoms with Gasteiger partial charge in [0.05, 0.1) is 5.69 Å². The minimum absolute atomic E-state index is 0.114. The van der Waals surface area contributed by atoms with Gasteiger partial charge in [-0.25, -0.2) is 4.79 Å². The van der Waals surface area contributed by atoms with Crippen LogP contribution in [0, 0.1) is 6.92 Å². The van der Waals surface area contributed by atoms with Crippen LogP contribution in [0.5, 0.6) is 0 Å². The van der Waals surface area contributed by atoms with Crippen LogP contribution in [0.3, 0.4) is 0 Å². The third-order valence-electron chi connectivity index (χ3n) is 2.31. The zero-order valence-corrected chi connectivity index (χ0v) is 13.8. The first-order valence-electron chi connectivity index (χ1n) is 7.05. The lowest BCUT2D eigenvalue weighted by molar-refractivity contribution is -0.155. The monoisotopic (exact) mass is 294 g/mol. The third kappa shape index (κ3) is 6.29. The van der Waals surface area contributed by atoms with Crippen molar-refractivity contribution in [3.05, 3.63) is 40.6 Å². The van der Waals surface area contributed by atoms with Gasteiger partial charge < -0.3 is 9.72 Å². The Balaban J connectivity index is 0.00000191. The quantitative estimate of drug-likeness (QED) is 0.685. The summed E-state index contributed by atoms with van der Waals surface area (Å²) in [5.74, 6) is -0.443. The predicted octanol–water partition coefficient (Wildman–Crippen LogP) is 3.05. The number of rotatable bonds is 4. The molecule has 0 unspecified atom stereocenters. The number of hydrogen-bond acceptors (Lipinski definition) is 3. The summed E-state index contributed by atoms with van der Waals surface area (Å²) in [6.07, 6.45) is 5.04. The summed E-state index contributed by atoms with van der Waals surface area (Å²) in [5.41, 5.74) is 0.456. The number of carbonyl (C=O) groups excluding carboxylic acids is 1. The molecule has 1 aromatic rings. The summed E-state index contributed by atoms with van der Waals surface area (Å²) in [6, 6.07) is 0. The van der Waals surface area contributed by atoms with E-state index in [-0.39, 0.29) is 12.2 Å². The average Bonchev–Trinajstić information content (AvgIpc) is 2.62. The van der Waals surface area contributed by atoms with Gasteiger partial charge in [0.15, 0.2) is 0 Å². The number of imidazole rings is 1. The molecular weight excluding hydrogens is 268 g/mol. The van der Waals surface area contributed by atoms with Gasteiger partial charge in [-0.1, -0.05) is 32.6 Å². The molecule has 0 saturated carbocycles. The van der Waals surface area contributed by atoms with Crippen molar-refractivity contribution in [2.75, 3.05) is 0 Å². The molecule has 0 atom stereocenters. The van der Waals surface area contributed by atoms with Crippen molar-refractivity contribution >= 4 is 12.0 Å². The van der Waals surface area contributed by atoms with Crippen LogP contribution < -0.4 is 5.69 Å². The Hall–Kier alpha value is -2.04. The second kappa shape index (κ2) is 8.29. The number of esters is 1. The number of aryl methyl sites for hydroxylation is 1. The Morgan fingerprint density at radius 1 is 1.38 bits per heavy atom. The first-order valence-corrected chi connectivity index (χ1v) is 7.05. The molecule has 1 N–H and O–H groups in total. The van der Waals surface area contributed by atoms with Crippen molar-refractivity contribution in [2.45, 2.75) is 53.7 Å². The second-order valence-electron chi connectivity index (χ2n) is 5.21. The van der Waals surface area contributed by atoms with Crippen LogP contribution in [0.25, 0.3) is 6.08 Å². The minimum Gasteiger partial charge on any atom is -0.459 e. The molecule has 1 rings (SSSR count). The molecule has 0 bridgehead atoms. The van der Waals surface area contributed by atoms with Crippen molar-refractivity contribution in [1.82, 2.24) is 9.55 Å². The minimum atomic E-state index is -0.566. The van der Waals surface area contributed by atoms with Gasteiger partial charge in [0.1, 0.15) is 12.1 Å². The van der Waals surface area contributed by atoms with E-state index in [1.807, 2.05) is 13.8 Å². The number of nitrogens with one attached hydrogen (secondary N) is 1. The van der Waals surface area contributed by atoms with E-state index < -0.39 is 11.6 Å². The molecule has 0 spiro atoms. The van der Waals surface area contributed by atoms with Gasteiger partial charge in [-0.3, -0.25) is 9.36 Å². The average molecular weight is 294 g/mol. The normalized spacial score (nSPS) is 11.0. The van der Waals surface area contributed by atoms with Crippen molar-refractivity contribution in [2.24, 2.45) is 0 Å². The Bertz CT molecular complexity index is 557. The lowest BCUT2D eigenvalue weighted by Gasteiger charge is -2.19. The molecule has 0 aliphatic carbocycles. The van der Waals surface area contributed by atoms with Gasteiger partial charge in [-0.2, -0.15) is 0 Å². The fraction of sp³-hybridized carbons (Fsp3) is 0.500. The molecule has 0 aliphatic rings. The van der Waals surface area contributed by atoms with Crippen LogP contribution in [0.15, 0.2) is 23.5 Å². The van der Waals surface area contributed by atoms with Crippen LogP contribution in [-0.4, -0.2) is 21.1 Å².